The highest BCUT2D eigenvalue weighted by molar-refractivity contribution is 7.10. The lowest BCUT2D eigenvalue weighted by Crippen LogP contribution is -2.11. The molecule has 0 amide bonds. The molecule has 4 heteroatoms. The zero-order valence-electron chi connectivity index (χ0n) is 8.93. The minimum absolute atomic E-state index is 0.0724. The molecule has 1 N–H and O–H groups in total. The highest BCUT2D eigenvalue weighted by Gasteiger charge is 2.28. The van der Waals surface area contributed by atoms with E-state index in [4.69, 9.17) is 4.74 Å². The van der Waals surface area contributed by atoms with Gasteiger partial charge in [-0.05, 0) is 24.8 Å². The Morgan fingerprint density at radius 2 is 2.50 bits per heavy atom. The van der Waals surface area contributed by atoms with Crippen molar-refractivity contribution in [2.24, 2.45) is 4.99 Å². The number of nitrogens with zero attached hydrogens (tertiary/aromatic N) is 1. The largest absolute Gasteiger partial charge is 0.447 e. The van der Waals surface area contributed by atoms with Crippen molar-refractivity contribution in [3.63, 3.8) is 0 Å². The molecule has 1 saturated heterocycles. The normalized spacial score (nSPS) is 23.3. The quantitative estimate of drug-likeness (QED) is 0.807. The van der Waals surface area contributed by atoms with Crippen LogP contribution in [0.3, 0.4) is 0 Å². The molecule has 0 bridgehead atoms. The van der Waals surface area contributed by atoms with Crippen LogP contribution in [0.1, 0.15) is 24.4 Å². The summed E-state index contributed by atoms with van der Waals surface area (Å²) in [6, 6.07) is 4.09. The summed E-state index contributed by atoms with van der Waals surface area (Å²) in [4.78, 5) is 5.51. The summed E-state index contributed by atoms with van der Waals surface area (Å²) >= 11 is 1.69. The Balaban J connectivity index is 1.88. The molecule has 0 aromatic carbocycles. The summed E-state index contributed by atoms with van der Waals surface area (Å²) in [6.07, 6.45) is 4.86. The summed E-state index contributed by atoms with van der Waals surface area (Å²) in [7, 11) is 0. The Morgan fingerprint density at radius 3 is 3.31 bits per heavy atom. The van der Waals surface area contributed by atoms with E-state index in [0.717, 1.165) is 12.1 Å². The zero-order chi connectivity index (χ0) is 11.0. The summed E-state index contributed by atoms with van der Waals surface area (Å²) in [6.45, 7) is 2.07. The van der Waals surface area contributed by atoms with Gasteiger partial charge in [0, 0.05) is 6.20 Å². The third kappa shape index (κ3) is 1.65. The molecule has 82 valence electrons. The molecule has 16 heavy (non-hydrogen) atoms. The fourth-order valence-corrected chi connectivity index (χ4v) is 2.41. The molecule has 0 aliphatic carbocycles. The molecule has 3 rings (SSSR count). The van der Waals surface area contributed by atoms with Gasteiger partial charge in [-0.15, -0.1) is 11.3 Å². The second-order valence-corrected chi connectivity index (χ2v) is 4.87. The fraction of sp³-hybridized carbons (Fsp3) is 0.250. The van der Waals surface area contributed by atoms with Crippen molar-refractivity contribution in [1.82, 2.24) is 5.32 Å². The first kappa shape index (κ1) is 9.66. The molecule has 0 spiro atoms. The van der Waals surface area contributed by atoms with Crippen molar-refractivity contribution >= 4 is 17.2 Å². The molecule has 3 heterocycles. The molecular weight excluding hydrogens is 220 g/mol. The van der Waals surface area contributed by atoms with Crippen LogP contribution in [-0.4, -0.2) is 5.90 Å². The van der Waals surface area contributed by atoms with Crippen LogP contribution in [0.15, 0.2) is 46.1 Å². The van der Waals surface area contributed by atoms with Gasteiger partial charge in [0.15, 0.2) is 0 Å². The van der Waals surface area contributed by atoms with E-state index in [0.29, 0.717) is 5.90 Å². The van der Waals surface area contributed by atoms with E-state index in [1.807, 2.05) is 12.3 Å². The van der Waals surface area contributed by atoms with Crippen molar-refractivity contribution in [2.45, 2.75) is 19.6 Å². The van der Waals surface area contributed by atoms with Crippen molar-refractivity contribution in [3.05, 3.63) is 45.9 Å². The maximum atomic E-state index is 5.77. The molecule has 1 atom stereocenters. The monoisotopic (exact) mass is 232 g/mol. The summed E-state index contributed by atoms with van der Waals surface area (Å²) in [5.74, 6) is 0.704. The van der Waals surface area contributed by atoms with Gasteiger partial charge in [-0.25, -0.2) is 4.99 Å². The van der Waals surface area contributed by atoms with Crippen molar-refractivity contribution in [3.8, 4) is 0 Å². The Kier molecular flexibility index (Phi) is 2.29. The van der Waals surface area contributed by atoms with E-state index in [9.17, 15) is 0 Å². The average molecular weight is 232 g/mol. The lowest BCUT2D eigenvalue weighted by atomic mass is 10.2. The van der Waals surface area contributed by atoms with Gasteiger partial charge in [0.2, 0.25) is 12.1 Å². The summed E-state index contributed by atoms with van der Waals surface area (Å²) in [5.41, 5.74) is 2.25. The van der Waals surface area contributed by atoms with Gasteiger partial charge in [-0.2, -0.15) is 0 Å². The van der Waals surface area contributed by atoms with Gasteiger partial charge in [0.1, 0.15) is 0 Å². The molecule has 0 radical (unpaired) electrons. The van der Waals surface area contributed by atoms with Gasteiger partial charge in [0.25, 0.3) is 0 Å². The topological polar surface area (TPSA) is 33.6 Å². The smallest absolute Gasteiger partial charge is 0.239 e. The van der Waals surface area contributed by atoms with E-state index in [-0.39, 0.29) is 6.23 Å². The van der Waals surface area contributed by atoms with E-state index in [1.165, 1.54) is 10.5 Å². The zero-order valence-corrected chi connectivity index (χ0v) is 9.75. The van der Waals surface area contributed by atoms with Crippen LogP contribution in [0.2, 0.25) is 0 Å². The first-order valence-corrected chi connectivity index (χ1v) is 6.11. The van der Waals surface area contributed by atoms with Crippen LogP contribution in [0.4, 0.5) is 0 Å². The van der Waals surface area contributed by atoms with Crippen molar-refractivity contribution in [2.75, 3.05) is 0 Å². The van der Waals surface area contributed by atoms with Gasteiger partial charge >= 0.3 is 0 Å². The number of aliphatic imine (C=N–C) groups is 1. The second-order valence-electron chi connectivity index (χ2n) is 3.89. The highest BCUT2D eigenvalue weighted by atomic mass is 32.1. The predicted octanol–water partition coefficient (Wildman–Crippen LogP) is 2.96. The number of thiophene rings is 1. The first-order valence-electron chi connectivity index (χ1n) is 5.23. The van der Waals surface area contributed by atoms with Crippen LogP contribution in [0.25, 0.3) is 0 Å². The lowest BCUT2D eigenvalue weighted by Gasteiger charge is -2.06. The maximum absolute atomic E-state index is 5.77. The SMILES string of the molecule is CC1=CN=C2OC(c3cccs3)NC2=CC1. The standard InChI is InChI=1S/C12H12N2OS/c1-8-4-5-9-11(13-7-8)15-12(14-9)10-3-2-6-16-10/h2-3,5-7,12,14H,4H2,1H3. The van der Waals surface area contributed by atoms with Gasteiger partial charge in [-0.3, -0.25) is 0 Å². The molecule has 0 saturated carbocycles. The Hall–Kier alpha value is -1.55. The van der Waals surface area contributed by atoms with E-state index < -0.39 is 0 Å². The first-order chi connectivity index (χ1) is 7.83. The molecule has 1 unspecified atom stereocenters. The molecule has 3 nitrogen and oxygen atoms in total. The van der Waals surface area contributed by atoms with Gasteiger partial charge < -0.3 is 10.1 Å². The summed E-state index contributed by atoms with van der Waals surface area (Å²) < 4.78 is 5.77. The van der Waals surface area contributed by atoms with E-state index in [2.05, 4.69) is 34.8 Å². The number of allylic oxidation sites excluding steroid dienone is 2. The van der Waals surface area contributed by atoms with Gasteiger partial charge in [-0.1, -0.05) is 17.7 Å². The fourth-order valence-electron chi connectivity index (χ4n) is 1.71. The van der Waals surface area contributed by atoms with Crippen LogP contribution in [0, 0.1) is 0 Å². The van der Waals surface area contributed by atoms with E-state index in [1.54, 1.807) is 11.3 Å². The van der Waals surface area contributed by atoms with E-state index >= 15 is 0 Å². The van der Waals surface area contributed by atoms with Crippen LogP contribution >= 0.6 is 11.3 Å². The third-order valence-electron chi connectivity index (χ3n) is 2.58. The molecule has 2 aliphatic heterocycles. The van der Waals surface area contributed by atoms with Crippen molar-refractivity contribution < 1.29 is 4.74 Å². The Bertz CT molecular complexity index is 485. The number of hydrogen-bond donors (Lipinski definition) is 1. The predicted molar refractivity (Wildman–Crippen MR) is 65.2 cm³/mol. The van der Waals surface area contributed by atoms with Gasteiger partial charge in [0.05, 0.1) is 10.6 Å². The molecule has 2 aliphatic rings. The highest BCUT2D eigenvalue weighted by Crippen LogP contribution is 2.28. The Labute approximate surface area is 98.2 Å². The number of ether oxygens (including phenoxy) is 1. The van der Waals surface area contributed by atoms with Crippen molar-refractivity contribution in [1.29, 1.82) is 0 Å². The van der Waals surface area contributed by atoms with Crippen LogP contribution in [0.5, 0.6) is 0 Å². The maximum Gasteiger partial charge on any atom is 0.239 e. The lowest BCUT2D eigenvalue weighted by molar-refractivity contribution is 0.207. The molecular formula is C12H12N2OS. The second kappa shape index (κ2) is 3.79. The minimum atomic E-state index is -0.0724. The molecule has 1 aromatic rings. The third-order valence-corrected chi connectivity index (χ3v) is 3.49. The number of nitrogens with one attached hydrogen (secondary N) is 1. The number of rotatable bonds is 1. The Morgan fingerprint density at radius 1 is 1.56 bits per heavy atom. The number of hydrogen-bond acceptors (Lipinski definition) is 4. The summed E-state index contributed by atoms with van der Waals surface area (Å²) in [5, 5.41) is 5.39. The molecule has 1 fully saturated rings. The average Bonchev–Trinajstić information content (AvgIpc) is 2.90. The number of fused-ring (bicyclic) bond motifs is 1. The molecule has 1 aromatic heterocycles. The minimum Gasteiger partial charge on any atom is -0.447 e. The van der Waals surface area contributed by atoms with Crippen LogP contribution in [-0.2, 0) is 4.74 Å². The van der Waals surface area contributed by atoms with Crippen LogP contribution < -0.4 is 5.32 Å².